The van der Waals surface area contributed by atoms with Crippen molar-refractivity contribution in [2.45, 2.75) is 129 Å². The van der Waals surface area contributed by atoms with Crippen molar-refractivity contribution in [1.82, 2.24) is 5.32 Å². The number of aliphatic hydroxyl groups excluding tert-OH is 1. The second-order valence-corrected chi connectivity index (χ2v) is 13.2. The van der Waals surface area contributed by atoms with E-state index in [1.807, 2.05) is 21.1 Å². The first-order chi connectivity index (χ1) is 19.0. The number of carbonyl (C=O) groups excluding carboxylic acids is 1. The van der Waals surface area contributed by atoms with Crippen molar-refractivity contribution >= 4 is 13.7 Å². The van der Waals surface area contributed by atoms with Crippen LogP contribution < -0.4 is 10.2 Å². The minimum atomic E-state index is -4.53. The van der Waals surface area contributed by atoms with Crippen LogP contribution in [0.3, 0.4) is 0 Å². The third-order valence-corrected chi connectivity index (χ3v) is 7.66. The summed E-state index contributed by atoms with van der Waals surface area (Å²) in [5.41, 5.74) is 0. The number of aliphatic hydroxyl groups is 1. The number of phosphoric ester groups is 1. The van der Waals surface area contributed by atoms with E-state index in [9.17, 15) is 19.4 Å². The van der Waals surface area contributed by atoms with Gasteiger partial charge in [-0.2, -0.15) is 0 Å². The van der Waals surface area contributed by atoms with Crippen LogP contribution in [0.1, 0.15) is 117 Å². The van der Waals surface area contributed by atoms with Gasteiger partial charge in [0.05, 0.1) is 39.9 Å². The summed E-state index contributed by atoms with van der Waals surface area (Å²) in [5.74, 6) is -0.192. The van der Waals surface area contributed by atoms with Gasteiger partial charge in [-0.1, -0.05) is 95.9 Å². The third-order valence-electron chi connectivity index (χ3n) is 6.69. The molecule has 8 nitrogen and oxygen atoms in total. The number of phosphoric acid groups is 1. The summed E-state index contributed by atoms with van der Waals surface area (Å²) in [4.78, 5) is 24.8. The van der Waals surface area contributed by atoms with E-state index in [0.29, 0.717) is 23.9 Å². The van der Waals surface area contributed by atoms with Gasteiger partial charge in [0.1, 0.15) is 13.2 Å². The molecule has 0 aliphatic heterocycles. The van der Waals surface area contributed by atoms with E-state index in [0.717, 1.165) is 70.6 Å². The fourth-order valence-corrected chi connectivity index (χ4v) is 4.77. The van der Waals surface area contributed by atoms with Crippen LogP contribution in [0.4, 0.5) is 0 Å². The zero-order chi connectivity index (χ0) is 30.1. The largest absolute Gasteiger partial charge is 0.756 e. The molecule has 0 radical (unpaired) electrons. The maximum absolute atomic E-state index is 12.6. The molecular formula is C31H61N2O6P. The molecule has 0 aromatic heterocycles. The smallest absolute Gasteiger partial charge is 0.268 e. The lowest BCUT2D eigenvalue weighted by Crippen LogP contribution is -2.46. The first kappa shape index (κ1) is 39.0. The first-order valence-electron chi connectivity index (χ1n) is 15.7. The summed E-state index contributed by atoms with van der Waals surface area (Å²) >= 11 is 0. The van der Waals surface area contributed by atoms with Crippen LogP contribution in [0, 0.1) is 0 Å². The number of rotatable bonds is 27. The van der Waals surface area contributed by atoms with Crippen LogP contribution in [-0.4, -0.2) is 68.5 Å². The fraction of sp³-hybridized carbons (Fsp3) is 0.839. The Kier molecular flexibility index (Phi) is 23.9. The highest BCUT2D eigenvalue weighted by atomic mass is 31.2. The summed E-state index contributed by atoms with van der Waals surface area (Å²) in [6.45, 7) is 4.49. The summed E-state index contributed by atoms with van der Waals surface area (Å²) in [6.07, 6.45) is 23.7. The quantitative estimate of drug-likeness (QED) is 0.0495. The topological polar surface area (TPSA) is 108 Å². The highest BCUT2D eigenvalue weighted by molar-refractivity contribution is 7.45. The van der Waals surface area contributed by atoms with E-state index < -0.39 is 20.0 Å². The molecule has 1 amide bonds. The fourth-order valence-electron chi connectivity index (χ4n) is 4.05. The summed E-state index contributed by atoms with van der Waals surface area (Å²) in [5, 5.41) is 13.5. The number of nitrogens with one attached hydrogen (secondary N) is 1. The maximum atomic E-state index is 12.6. The van der Waals surface area contributed by atoms with E-state index in [1.54, 1.807) is 0 Å². The van der Waals surface area contributed by atoms with Crippen LogP contribution in [-0.2, 0) is 18.4 Å². The van der Waals surface area contributed by atoms with E-state index in [-0.39, 0.29) is 19.1 Å². The molecule has 0 aromatic carbocycles. The van der Waals surface area contributed by atoms with Crippen molar-refractivity contribution in [2.24, 2.45) is 0 Å². The molecule has 3 atom stereocenters. The number of allylic oxidation sites excluding steroid dienone is 4. The Bertz CT molecular complexity index is 723. The highest BCUT2D eigenvalue weighted by Crippen LogP contribution is 2.38. The highest BCUT2D eigenvalue weighted by Gasteiger charge is 2.24. The standard InChI is InChI=1S/C31H61N2O6P/c1-6-8-10-12-13-14-15-16-17-18-19-20-21-23-25-31(35)32-29(30(34)24-22-11-9-7-2)28-39-40(36,37)38-27-26-33(3,4)5/h12-13,15-16,29-30,34H,6-11,14,17-28H2,1-5H3,(H-,32,35,36,37)/b13-12-,16-15-. The lowest BCUT2D eigenvalue weighted by Gasteiger charge is -2.30. The lowest BCUT2D eigenvalue weighted by molar-refractivity contribution is -0.870. The Hall–Kier alpha value is -1.02. The molecule has 0 heterocycles. The maximum Gasteiger partial charge on any atom is 0.268 e. The van der Waals surface area contributed by atoms with Gasteiger partial charge in [-0.3, -0.25) is 9.36 Å². The molecule has 0 rings (SSSR count). The summed E-state index contributed by atoms with van der Waals surface area (Å²) in [6, 6.07) is -0.799. The Morgan fingerprint density at radius 1 is 0.875 bits per heavy atom. The molecule has 40 heavy (non-hydrogen) atoms. The minimum Gasteiger partial charge on any atom is -0.756 e. The molecule has 0 aliphatic rings. The van der Waals surface area contributed by atoms with Gasteiger partial charge in [-0.05, 0) is 38.5 Å². The van der Waals surface area contributed by atoms with Crippen molar-refractivity contribution in [1.29, 1.82) is 0 Å². The molecule has 0 aromatic rings. The molecule has 0 saturated carbocycles. The number of hydrogen-bond acceptors (Lipinski definition) is 6. The van der Waals surface area contributed by atoms with Crippen LogP contribution in [0.2, 0.25) is 0 Å². The zero-order valence-corrected chi connectivity index (χ0v) is 27.2. The predicted molar refractivity (Wildman–Crippen MR) is 164 cm³/mol. The molecule has 3 unspecified atom stereocenters. The van der Waals surface area contributed by atoms with Crippen molar-refractivity contribution in [3.8, 4) is 0 Å². The molecule has 0 fully saturated rings. The first-order valence-corrected chi connectivity index (χ1v) is 17.1. The normalized spacial score (nSPS) is 15.5. The molecule has 0 bridgehead atoms. The number of amides is 1. The summed E-state index contributed by atoms with van der Waals surface area (Å²) in [7, 11) is 1.28. The third kappa shape index (κ3) is 25.9. The van der Waals surface area contributed by atoms with Crippen molar-refractivity contribution < 1.29 is 32.9 Å². The van der Waals surface area contributed by atoms with E-state index in [4.69, 9.17) is 9.05 Å². The van der Waals surface area contributed by atoms with Gasteiger partial charge in [0.2, 0.25) is 5.91 Å². The van der Waals surface area contributed by atoms with Crippen molar-refractivity contribution in [3.05, 3.63) is 24.3 Å². The monoisotopic (exact) mass is 588 g/mol. The average Bonchev–Trinajstić information content (AvgIpc) is 2.88. The Labute approximate surface area is 245 Å². The molecule has 0 spiro atoms. The van der Waals surface area contributed by atoms with Gasteiger partial charge >= 0.3 is 0 Å². The van der Waals surface area contributed by atoms with Gasteiger partial charge in [0, 0.05) is 6.42 Å². The average molecular weight is 589 g/mol. The zero-order valence-electron chi connectivity index (χ0n) is 26.3. The summed E-state index contributed by atoms with van der Waals surface area (Å²) < 4.78 is 22.8. The molecule has 2 N–H and O–H groups in total. The second-order valence-electron chi connectivity index (χ2n) is 11.8. The van der Waals surface area contributed by atoms with Gasteiger partial charge in [0.15, 0.2) is 0 Å². The van der Waals surface area contributed by atoms with Crippen LogP contribution in [0.15, 0.2) is 24.3 Å². The Balaban J connectivity index is 4.39. The van der Waals surface area contributed by atoms with E-state index in [2.05, 4.69) is 43.5 Å². The van der Waals surface area contributed by atoms with Gasteiger partial charge in [0.25, 0.3) is 7.82 Å². The SMILES string of the molecule is CCCC/C=C\C/C=C\CCCCCCCC(=O)NC(COP(=O)([O-])OCC[N+](C)(C)C)C(O)CCCCCC. The number of quaternary nitrogens is 1. The number of nitrogens with zero attached hydrogens (tertiary/aromatic N) is 1. The Morgan fingerprint density at radius 3 is 2.12 bits per heavy atom. The number of hydrogen-bond donors (Lipinski definition) is 2. The minimum absolute atomic E-state index is 0.00757. The lowest BCUT2D eigenvalue weighted by atomic mass is 10.0. The molecule has 9 heteroatoms. The van der Waals surface area contributed by atoms with Gasteiger partial charge in [-0.15, -0.1) is 0 Å². The van der Waals surface area contributed by atoms with Crippen LogP contribution >= 0.6 is 7.82 Å². The van der Waals surface area contributed by atoms with Gasteiger partial charge in [-0.25, -0.2) is 0 Å². The predicted octanol–water partition coefficient (Wildman–Crippen LogP) is 6.43. The Morgan fingerprint density at radius 2 is 1.48 bits per heavy atom. The van der Waals surface area contributed by atoms with Gasteiger partial charge < -0.3 is 28.8 Å². The van der Waals surface area contributed by atoms with Crippen LogP contribution in [0.5, 0.6) is 0 Å². The second kappa shape index (κ2) is 24.6. The molecular weight excluding hydrogens is 527 g/mol. The molecule has 0 aliphatic carbocycles. The van der Waals surface area contributed by atoms with Crippen molar-refractivity contribution in [3.63, 3.8) is 0 Å². The van der Waals surface area contributed by atoms with Crippen molar-refractivity contribution in [2.75, 3.05) is 40.9 Å². The van der Waals surface area contributed by atoms with E-state index in [1.165, 1.54) is 19.3 Å². The molecule has 0 saturated heterocycles. The van der Waals surface area contributed by atoms with E-state index >= 15 is 0 Å². The number of unbranched alkanes of at least 4 members (excludes halogenated alkanes) is 10. The van der Waals surface area contributed by atoms with Crippen LogP contribution in [0.25, 0.3) is 0 Å². The number of carbonyl (C=O) groups is 1. The number of likely N-dealkylation sites (N-methyl/N-ethyl adjacent to an activating group) is 1. The molecule has 236 valence electrons.